The molecule has 12 heteroatoms. The average Bonchev–Trinajstić information content (AvgIpc) is 3.44. The first-order valence-electron chi connectivity index (χ1n) is 20.6. The number of aliphatic hydroxyl groups is 2. The molecule has 57 heavy (non-hydrogen) atoms. The zero-order valence-corrected chi connectivity index (χ0v) is 35.0. The minimum Gasteiger partial charge on any atom is -0.462 e. The number of allylic oxidation sites excluding steroid dienone is 14. The van der Waals surface area contributed by atoms with E-state index in [1.807, 2.05) is 30.4 Å². The number of hydrogen-bond acceptors (Lipinski definition) is 9. The molecule has 0 spiro atoms. The third kappa shape index (κ3) is 29.4. The Morgan fingerprint density at radius 1 is 0.754 bits per heavy atom. The number of Topliss-reactive ketones (excluding diaryl/α,β-unsaturated/α-hetero) is 1. The van der Waals surface area contributed by atoms with Gasteiger partial charge in [-0.25, -0.2) is 4.57 Å². The lowest BCUT2D eigenvalue weighted by atomic mass is 9.90. The van der Waals surface area contributed by atoms with Gasteiger partial charge < -0.3 is 29.5 Å². The molecule has 0 radical (unpaired) electrons. The average molecular weight is 817 g/mol. The summed E-state index contributed by atoms with van der Waals surface area (Å²) in [6.07, 6.45) is 40.8. The molecule has 0 unspecified atom stereocenters. The van der Waals surface area contributed by atoms with Gasteiger partial charge in [0.15, 0.2) is 6.10 Å². The number of rotatable bonds is 32. The molecule has 0 aliphatic heterocycles. The fraction of sp³-hybridized carbons (Fsp3) is 0.578. The molecule has 1 saturated carbocycles. The molecular formula is C45H69O11P. The van der Waals surface area contributed by atoms with Crippen molar-refractivity contribution in [2.24, 2.45) is 11.8 Å². The van der Waals surface area contributed by atoms with Crippen molar-refractivity contribution in [3.63, 3.8) is 0 Å². The van der Waals surface area contributed by atoms with Gasteiger partial charge in [-0.15, -0.1) is 0 Å². The van der Waals surface area contributed by atoms with Crippen molar-refractivity contribution in [1.82, 2.24) is 0 Å². The van der Waals surface area contributed by atoms with E-state index >= 15 is 0 Å². The number of ketones is 1. The maximum Gasteiger partial charge on any atom is 0.469 e. The lowest BCUT2D eigenvalue weighted by Crippen LogP contribution is -2.29. The van der Waals surface area contributed by atoms with E-state index in [1.165, 1.54) is 0 Å². The normalized spacial score (nSPS) is 19.3. The van der Waals surface area contributed by atoms with Gasteiger partial charge in [-0.1, -0.05) is 130 Å². The van der Waals surface area contributed by atoms with Crippen molar-refractivity contribution in [3.05, 3.63) is 97.2 Å². The van der Waals surface area contributed by atoms with E-state index in [2.05, 4.69) is 73.1 Å². The first-order valence-corrected chi connectivity index (χ1v) is 22.2. The molecule has 4 N–H and O–H groups in total. The quantitative estimate of drug-likeness (QED) is 0.0220. The summed E-state index contributed by atoms with van der Waals surface area (Å²) >= 11 is 0. The number of aliphatic hydroxyl groups excluding tert-OH is 2. The van der Waals surface area contributed by atoms with E-state index in [4.69, 9.17) is 19.3 Å². The monoisotopic (exact) mass is 816 g/mol. The molecule has 11 nitrogen and oxygen atoms in total. The maximum absolute atomic E-state index is 12.5. The Balaban J connectivity index is 2.36. The van der Waals surface area contributed by atoms with Crippen molar-refractivity contribution in [2.45, 2.75) is 141 Å². The number of ether oxygens (including phenoxy) is 2. The molecule has 0 amide bonds. The highest BCUT2D eigenvalue weighted by Crippen LogP contribution is 2.36. The van der Waals surface area contributed by atoms with Crippen LogP contribution in [0.2, 0.25) is 0 Å². The van der Waals surface area contributed by atoms with Crippen LogP contribution in [0.25, 0.3) is 0 Å². The summed E-state index contributed by atoms with van der Waals surface area (Å²) in [5, 5.41) is 20.6. The Bertz CT molecular complexity index is 1400. The minimum atomic E-state index is -4.85. The SMILES string of the molecule is CC/C=C\C/C=C\C/C=C\C/C=C\C/C=C\C/C=C\CCC(=O)O[C@H](COC(=O)CCC/C=C\C[C@H]1C(=O)C[C@@H](O)[C@@H]1/C=C/[C@@H](O)CCCCC)COP(=O)(O)O. The second kappa shape index (κ2) is 33.5. The summed E-state index contributed by atoms with van der Waals surface area (Å²) in [6.45, 7) is 3.15. The number of carbonyl (C=O) groups excluding carboxylic acids is 3. The van der Waals surface area contributed by atoms with Gasteiger partial charge in [0.05, 0.1) is 18.8 Å². The summed E-state index contributed by atoms with van der Waals surface area (Å²) < 4.78 is 26.2. The summed E-state index contributed by atoms with van der Waals surface area (Å²) in [4.78, 5) is 55.5. The van der Waals surface area contributed by atoms with Gasteiger partial charge in [0, 0.05) is 31.1 Å². The van der Waals surface area contributed by atoms with E-state index in [-0.39, 0.29) is 36.9 Å². The highest BCUT2D eigenvalue weighted by Gasteiger charge is 2.39. The molecule has 0 aromatic heterocycles. The first-order chi connectivity index (χ1) is 27.5. The first kappa shape index (κ1) is 51.6. The predicted octanol–water partition coefficient (Wildman–Crippen LogP) is 9.21. The summed E-state index contributed by atoms with van der Waals surface area (Å²) in [5.41, 5.74) is 0. The number of carbonyl (C=O) groups is 3. The summed E-state index contributed by atoms with van der Waals surface area (Å²) in [5.74, 6) is -1.94. The second-order valence-corrected chi connectivity index (χ2v) is 15.2. The summed E-state index contributed by atoms with van der Waals surface area (Å²) in [6, 6.07) is 0. The molecular weight excluding hydrogens is 747 g/mol. The van der Waals surface area contributed by atoms with Gasteiger partial charge in [0.1, 0.15) is 12.4 Å². The Labute approximate surface area is 341 Å². The van der Waals surface area contributed by atoms with Crippen molar-refractivity contribution >= 4 is 25.5 Å². The number of hydrogen-bond donors (Lipinski definition) is 4. The maximum atomic E-state index is 12.5. The highest BCUT2D eigenvalue weighted by atomic mass is 31.2. The molecule has 0 heterocycles. The van der Waals surface area contributed by atoms with E-state index in [1.54, 1.807) is 12.2 Å². The molecule has 1 rings (SSSR count). The highest BCUT2D eigenvalue weighted by molar-refractivity contribution is 7.46. The predicted molar refractivity (Wildman–Crippen MR) is 226 cm³/mol. The van der Waals surface area contributed by atoms with Crippen LogP contribution in [0.1, 0.15) is 123 Å². The van der Waals surface area contributed by atoms with E-state index in [9.17, 15) is 29.2 Å². The molecule has 0 aromatic rings. The van der Waals surface area contributed by atoms with Gasteiger partial charge in [-0.2, -0.15) is 0 Å². The largest absolute Gasteiger partial charge is 0.469 e. The minimum absolute atomic E-state index is 0.0162. The second-order valence-electron chi connectivity index (χ2n) is 14.0. The van der Waals surface area contributed by atoms with E-state index < -0.39 is 51.3 Å². The number of esters is 2. The molecule has 5 atom stereocenters. The lowest BCUT2D eigenvalue weighted by Gasteiger charge is -2.18. The Morgan fingerprint density at radius 3 is 1.91 bits per heavy atom. The van der Waals surface area contributed by atoms with E-state index in [0.717, 1.165) is 51.4 Å². The molecule has 1 aliphatic rings. The van der Waals surface area contributed by atoms with Crippen LogP contribution in [0.5, 0.6) is 0 Å². The van der Waals surface area contributed by atoms with Gasteiger partial charge in [0.25, 0.3) is 0 Å². The zero-order chi connectivity index (χ0) is 42.0. The number of phosphoric ester groups is 1. The van der Waals surface area contributed by atoms with Crippen LogP contribution in [-0.2, 0) is 32.9 Å². The van der Waals surface area contributed by atoms with Crippen LogP contribution in [0.15, 0.2) is 97.2 Å². The molecule has 0 saturated heterocycles. The van der Waals surface area contributed by atoms with Crippen LogP contribution < -0.4 is 0 Å². The summed E-state index contributed by atoms with van der Waals surface area (Å²) in [7, 11) is -4.85. The van der Waals surface area contributed by atoms with Crippen LogP contribution in [0.4, 0.5) is 0 Å². The molecule has 0 bridgehead atoms. The Kier molecular flexibility index (Phi) is 30.3. The van der Waals surface area contributed by atoms with Gasteiger partial charge >= 0.3 is 19.8 Å². The molecule has 0 aromatic carbocycles. The number of phosphoric acid groups is 1. The van der Waals surface area contributed by atoms with E-state index in [0.29, 0.717) is 38.5 Å². The standard InChI is InChI=1S/C45H69O11P/c1-3-5-7-8-9-10-11-12-13-14-15-16-17-18-19-20-21-22-28-32-45(50)56-39(37-55-57(51,52)53)36-54-44(49)31-27-24-23-26-30-40-41(43(48)35-42(40)47)34-33-38(46)29-25-6-4-2/h5,7,9-10,12-13,15-16,18-19,21-23,26,33-34,38-41,43,46,48H,3-4,6,8,11,14,17,20,24-25,27-32,35-37H2,1-2H3,(H2,51,52,53)/b7-5-,10-9-,13-12-,16-15-,19-18-,22-21-,26-23-,34-33+/t38-,39+,40+,41+,43+/m0/s1. The zero-order valence-electron chi connectivity index (χ0n) is 34.2. The van der Waals surface area contributed by atoms with Crippen molar-refractivity contribution in [2.75, 3.05) is 13.2 Å². The fourth-order valence-corrected chi connectivity index (χ4v) is 6.21. The Morgan fingerprint density at radius 2 is 1.33 bits per heavy atom. The third-order valence-electron chi connectivity index (χ3n) is 8.97. The van der Waals surface area contributed by atoms with Crippen LogP contribution >= 0.6 is 7.82 Å². The number of unbranched alkanes of at least 4 members (excludes halogenated alkanes) is 3. The van der Waals surface area contributed by atoms with Crippen molar-refractivity contribution < 1.29 is 52.9 Å². The fourth-order valence-electron chi connectivity index (χ4n) is 5.85. The molecule has 1 fully saturated rings. The smallest absolute Gasteiger partial charge is 0.462 e. The van der Waals surface area contributed by atoms with Gasteiger partial charge in [0.2, 0.25) is 0 Å². The lowest BCUT2D eigenvalue weighted by molar-refractivity contribution is -0.161. The topological polar surface area (TPSA) is 177 Å². The van der Waals surface area contributed by atoms with Crippen molar-refractivity contribution in [1.29, 1.82) is 0 Å². The molecule has 320 valence electrons. The van der Waals surface area contributed by atoms with Gasteiger partial charge in [-0.05, 0) is 70.6 Å². The molecule has 1 aliphatic carbocycles. The third-order valence-corrected chi connectivity index (χ3v) is 9.45. The van der Waals surface area contributed by atoms with Crippen LogP contribution in [-0.4, -0.2) is 69.2 Å². The Hall–Kier alpha value is -3.44. The van der Waals surface area contributed by atoms with Gasteiger partial charge in [-0.3, -0.25) is 18.9 Å². The van der Waals surface area contributed by atoms with Crippen LogP contribution in [0.3, 0.4) is 0 Å². The van der Waals surface area contributed by atoms with Crippen LogP contribution in [0, 0.1) is 11.8 Å². The van der Waals surface area contributed by atoms with Crippen molar-refractivity contribution in [3.8, 4) is 0 Å².